The van der Waals surface area contributed by atoms with Gasteiger partial charge in [0.25, 0.3) is 0 Å². The van der Waals surface area contributed by atoms with Gasteiger partial charge in [0.05, 0.1) is 17.7 Å². The Balaban J connectivity index is 0.00000420. The van der Waals surface area contributed by atoms with Gasteiger partial charge in [-0.15, -0.1) is 24.0 Å². The van der Waals surface area contributed by atoms with Gasteiger partial charge in [0.15, 0.2) is 5.96 Å². The fourth-order valence-electron chi connectivity index (χ4n) is 3.22. The fraction of sp³-hybridized carbons (Fsp3) is 0.667. The molecule has 3 N–H and O–H groups in total. The minimum atomic E-state index is -0.523. The van der Waals surface area contributed by atoms with Gasteiger partial charge in [-0.3, -0.25) is 19.7 Å². The van der Waals surface area contributed by atoms with Crippen LogP contribution in [-0.2, 0) is 11.3 Å². The number of carbonyl (C=O) groups excluding carboxylic acids is 1. The first-order valence-corrected chi connectivity index (χ1v) is 10.4. The second kappa shape index (κ2) is 13.0. The van der Waals surface area contributed by atoms with Crippen LogP contribution < -0.4 is 16.0 Å². The van der Waals surface area contributed by atoms with Gasteiger partial charge < -0.3 is 16.0 Å². The zero-order chi connectivity index (χ0) is 20.4. The lowest BCUT2D eigenvalue weighted by Gasteiger charge is -2.33. The third-order valence-corrected chi connectivity index (χ3v) is 4.97. The maximum atomic E-state index is 12.2. The molecule has 1 aliphatic heterocycles. The molecule has 8 heteroatoms. The molecule has 29 heavy (non-hydrogen) atoms. The van der Waals surface area contributed by atoms with Gasteiger partial charge in [-0.25, -0.2) is 0 Å². The molecule has 164 valence electrons. The summed E-state index contributed by atoms with van der Waals surface area (Å²) >= 11 is 0. The summed E-state index contributed by atoms with van der Waals surface area (Å²) in [6, 6.07) is 6.47. The number of likely N-dealkylation sites (tertiary alicyclic amines) is 1. The first-order chi connectivity index (χ1) is 13.4. The van der Waals surface area contributed by atoms with Crippen LogP contribution >= 0.6 is 24.0 Å². The van der Waals surface area contributed by atoms with Crippen molar-refractivity contribution in [2.24, 2.45) is 10.4 Å². The van der Waals surface area contributed by atoms with Crippen molar-refractivity contribution in [3.63, 3.8) is 0 Å². The van der Waals surface area contributed by atoms with Crippen LogP contribution in [0.4, 0.5) is 0 Å². The molecule has 0 unspecified atom stereocenters. The smallest absolute Gasteiger partial charge is 0.227 e. The van der Waals surface area contributed by atoms with E-state index >= 15 is 0 Å². The van der Waals surface area contributed by atoms with Gasteiger partial charge in [0.1, 0.15) is 0 Å². The lowest BCUT2D eigenvalue weighted by molar-refractivity contribution is -0.128. The Morgan fingerprint density at radius 3 is 2.48 bits per heavy atom. The molecule has 0 atom stereocenters. The number of nitrogens with zero attached hydrogens (tertiary/aromatic N) is 3. The lowest BCUT2D eigenvalue weighted by Crippen LogP contribution is -2.49. The summed E-state index contributed by atoms with van der Waals surface area (Å²) in [7, 11) is 0. The molecule has 0 aromatic carbocycles. The average molecular weight is 516 g/mol. The fourth-order valence-corrected chi connectivity index (χ4v) is 3.22. The van der Waals surface area contributed by atoms with E-state index in [4.69, 9.17) is 0 Å². The molecule has 1 aliphatic rings. The summed E-state index contributed by atoms with van der Waals surface area (Å²) < 4.78 is 0. The number of nitrogens with one attached hydrogen (secondary N) is 3. The third-order valence-electron chi connectivity index (χ3n) is 4.97. The third kappa shape index (κ3) is 8.86. The summed E-state index contributed by atoms with van der Waals surface area (Å²) in [6.45, 7) is 12.7. The molecular formula is C21H37IN6O. The van der Waals surface area contributed by atoms with Crippen molar-refractivity contribution >= 4 is 35.8 Å². The number of aliphatic imine (C=N–C) groups is 1. The van der Waals surface area contributed by atoms with Crippen LogP contribution in [0, 0.1) is 5.41 Å². The number of halogens is 1. The van der Waals surface area contributed by atoms with E-state index in [1.165, 1.54) is 0 Å². The number of hydrogen-bond acceptors (Lipinski definition) is 4. The van der Waals surface area contributed by atoms with Crippen molar-refractivity contribution in [2.45, 2.75) is 53.1 Å². The van der Waals surface area contributed by atoms with E-state index in [1.54, 1.807) is 0 Å². The molecular weight excluding hydrogens is 479 g/mol. The van der Waals surface area contributed by atoms with Crippen LogP contribution in [0.15, 0.2) is 29.4 Å². The molecule has 0 radical (unpaired) electrons. The number of piperidine rings is 1. The first-order valence-electron chi connectivity index (χ1n) is 10.4. The van der Waals surface area contributed by atoms with Crippen LogP contribution in [0.1, 0.15) is 46.2 Å². The summed E-state index contributed by atoms with van der Waals surface area (Å²) in [5, 5.41) is 9.75. The highest BCUT2D eigenvalue weighted by Crippen LogP contribution is 2.16. The van der Waals surface area contributed by atoms with Crippen molar-refractivity contribution in [2.75, 3.05) is 32.7 Å². The summed E-state index contributed by atoms with van der Waals surface area (Å²) in [6.07, 6.45) is 3.99. The molecule has 1 saturated heterocycles. The average Bonchev–Trinajstić information content (AvgIpc) is 2.69. The molecule has 0 saturated carbocycles. The Morgan fingerprint density at radius 1 is 1.21 bits per heavy atom. The number of pyridine rings is 1. The molecule has 0 spiro atoms. The van der Waals surface area contributed by atoms with Crippen LogP contribution in [0.25, 0.3) is 0 Å². The zero-order valence-corrected chi connectivity index (χ0v) is 20.5. The van der Waals surface area contributed by atoms with Crippen molar-refractivity contribution in [1.82, 2.24) is 25.8 Å². The van der Waals surface area contributed by atoms with Crippen LogP contribution in [0.2, 0.25) is 0 Å². The van der Waals surface area contributed by atoms with Crippen molar-refractivity contribution < 1.29 is 4.79 Å². The number of amides is 1. The summed E-state index contributed by atoms with van der Waals surface area (Å²) in [5.74, 6) is 0.834. The Bertz CT molecular complexity index is 629. The van der Waals surface area contributed by atoms with E-state index in [0.29, 0.717) is 19.1 Å². The van der Waals surface area contributed by atoms with Crippen LogP contribution in [-0.4, -0.2) is 60.5 Å². The van der Waals surface area contributed by atoms with Gasteiger partial charge in [-0.1, -0.05) is 6.07 Å². The van der Waals surface area contributed by atoms with E-state index in [1.807, 2.05) is 39.1 Å². The highest BCUT2D eigenvalue weighted by Gasteiger charge is 2.27. The lowest BCUT2D eigenvalue weighted by atomic mass is 9.92. The Labute approximate surface area is 192 Å². The van der Waals surface area contributed by atoms with E-state index < -0.39 is 5.41 Å². The maximum Gasteiger partial charge on any atom is 0.227 e. The predicted octanol–water partition coefficient (Wildman–Crippen LogP) is 2.38. The minimum absolute atomic E-state index is 0. The highest BCUT2D eigenvalue weighted by molar-refractivity contribution is 14.0. The normalized spacial score (nSPS) is 16.1. The second-order valence-electron chi connectivity index (χ2n) is 7.95. The van der Waals surface area contributed by atoms with Gasteiger partial charge in [0.2, 0.25) is 5.91 Å². The molecule has 1 aromatic heterocycles. The number of carbonyl (C=O) groups is 1. The molecule has 1 aromatic rings. The molecule has 0 aliphatic carbocycles. The topological polar surface area (TPSA) is 81.6 Å². The molecule has 0 bridgehead atoms. The monoisotopic (exact) mass is 516 g/mol. The van der Waals surface area contributed by atoms with Crippen LogP contribution in [0.3, 0.4) is 0 Å². The quantitative estimate of drug-likeness (QED) is 0.281. The van der Waals surface area contributed by atoms with Gasteiger partial charge >= 0.3 is 0 Å². The van der Waals surface area contributed by atoms with E-state index in [-0.39, 0.29) is 29.9 Å². The molecule has 7 nitrogen and oxygen atoms in total. The minimum Gasteiger partial charge on any atom is -0.357 e. The summed E-state index contributed by atoms with van der Waals surface area (Å²) in [5.41, 5.74) is 0.598. The summed E-state index contributed by atoms with van der Waals surface area (Å²) in [4.78, 5) is 23.7. The first kappa shape index (κ1) is 25.6. The van der Waals surface area contributed by atoms with Crippen molar-refractivity contribution in [1.29, 1.82) is 0 Å². The Hall–Kier alpha value is -1.42. The maximum absolute atomic E-state index is 12.2. The number of hydrogen-bond donors (Lipinski definition) is 3. The standard InChI is InChI=1S/C21H36N6O.HI/c1-5-22-19(28)21(3,4)16-25-20(23-6-2)26-17-10-13-27(14-11-17)15-18-9-7-8-12-24-18;/h7-9,12,17H,5-6,10-11,13-16H2,1-4H3,(H,22,28)(H2,23,25,26);1H. The van der Waals surface area contributed by atoms with Crippen molar-refractivity contribution in [3.8, 4) is 0 Å². The molecule has 2 heterocycles. The number of aromatic nitrogens is 1. The second-order valence-corrected chi connectivity index (χ2v) is 7.95. The predicted molar refractivity (Wildman–Crippen MR) is 130 cm³/mol. The van der Waals surface area contributed by atoms with Crippen LogP contribution in [0.5, 0.6) is 0 Å². The number of guanidine groups is 1. The largest absolute Gasteiger partial charge is 0.357 e. The van der Waals surface area contributed by atoms with Gasteiger partial charge in [-0.05, 0) is 52.7 Å². The van der Waals surface area contributed by atoms with E-state index in [9.17, 15) is 4.79 Å². The molecule has 1 amide bonds. The van der Waals surface area contributed by atoms with Crippen molar-refractivity contribution in [3.05, 3.63) is 30.1 Å². The number of rotatable bonds is 8. The van der Waals surface area contributed by atoms with E-state index in [0.717, 1.165) is 50.7 Å². The molecule has 1 fully saturated rings. The highest BCUT2D eigenvalue weighted by atomic mass is 127. The Kier molecular flexibility index (Phi) is 11.5. The van der Waals surface area contributed by atoms with Gasteiger partial charge in [-0.2, -0.15) is 0 Å². The molecule has 2 rings (SSSR count). The Morgan fingerprint density at radius 2 is 1.90 bits per heavy atom. The zero-order valence-electron chi connectivity index (χ0n) is 18.2. The van der Waals surface area contributed by atoms with Gasteiger partial charge in [0, 0.05) is 45.0 Å². The SMILES string of the molecule is CCNC(=O)C(C)(C)CN=C(NCC)NC1CCN(Cc2ccccn2)CC1.I. The van der Waals surface area contributed by atoms with E-state index in [2.05, 4.69) is 43.8 Å².